The monoisotopic (exact) mass is 279 g/mol. The van der Waals surface area contributed by atoms with E-state index in [4.69, 9.17) is 15.7 Å². The molecule has 1 aromatic carbocycles. The molecule has 0 bridgehead atoms. The van der Waals surface area contributed by atoms with Crippen molar-refractivity contribution < 1.29 is 9.94 Å². The van der Waals surface area contributed by atoms with Crippen LogP contribution in [-0.4, -0.2) is 30.3 Å². The molecule has 1 rings (SSSR count). The van der Waals surface area contributed by atoms with Gasteiger partial charge in [-0.1, -0.05) is 37.2 Å². The van der Waals surface area contributed by atoms with Gasteiger partial charge in [0.1, 0.15) is 0 Å². The number of hydrogen-bond donors (Lipinski definition) is 3. The van der Waals surface area contributed by atoms with Gasteiger partial charge in [-0.2, -0.15) is 0 Å². The average molecular weight is 279 g/mol. The van der Waals surface area contributed by atoms with Crippen LogP contribution in [0.15, 0.2) is 29.4 Å². The van der Waals surface area contributed by atoms with E-state index in [1.807, 2.05) is 31.2 Å². The summed E-state index contributed by atoms with van der Waals surface area (Å²) in [5.74, 6) is 0.621. The van der Waals surface area contributed by atoms with E-state index in [0.717, 1.165) is 24.3 Å². The second-order valence-corrected chi connectivity index (χ2v) is 5.08. The molecule has 0 aliphatic heterocycles. The lowest BCUT2D eigenvalue weighted by Gasteiger charge is -2.22. The maximum Gasteiger partial charge on any atom is 0.170 e. The van der Waals surface area contributed by atoms with Gasteiger partial charge in [-0.15, -0.1) is 0 Å². The third-order valence-electron chi connectivity index (χ3n) is 3.21. The number of nitrogens with one attached hydrogen (secondary N) is 1. The fraction of sp³-hybridized carbons (Fsp3) is 0.533. The Kier molecular flexibility index (Phi) is 7.04. The quantitative estimate of drug-likeness (QED) is 0.294. The van der Waals surface area contributed by atoms with E-state index in [-0.39, 0.29) is 5.84 Å². The van der Waals surface area contributed by atoms with Crippen LogP contribution in [0.1, 0.15) is 31.9 Å². The molecule has 5 nitrogen and oxygen atoms in total. The lowest BCUT2D eigenvalue weighted by atomic mass is 10.0. The zero-order valence-electron chi connectivity index (χ0n) is 12.5. The first kappa shape index (κ1) is 16.5. The number of benzene rings is 1. The average Bonchev–Trinajstić information content (AvgIpc) is 2.46. The molecule has 4 N–H and O–H groups in total. The van der Waals surface area contributed by atoms with Crippen molar-refractivity contribution in [3.63, 3.8) is 0 Å². The van der Waals surface area contributed by atoms with E-state index < -0.39 is 0 Å². The molecule has 0 aliphatic rings. The van der Waals surface area contributed by atoms with Crippen LogP contribution in [0, 0.1) is 5.92 Å². The first-order chi connectivity index (χ1) is 9.58. The first-order valence-corrected chi connectivity index (χ1v) is 6.96. The van der Waals surface area contributed by atoms with E-state index in [2.05, 4.69) is 24.3 Å². The van der Waals surface area contributed by atoms with Gasteiger partial charge < -0.3 is 21.0 Å². The van der Waals surface area contributed by atoms with Crippen molar-refractivity contribution in [1.82, 2.24) is 5.32 Å². The normalized spacial score (nSPS) is 13.7. The number of amidine groups is 1. The van der Waals surface area contributed by atoms with Gasteiger partial charge in [0.25, 0.3) is 0 Å². The summed E-state index contributed by atoms with van der Waals surface area (Å²) in [7, 11) is 0. The summed E-state index contributed by atoms with van der Waals surface area (Å²) in [5, 5.41) is 15.2. The van der Waals surface area contributed by atoms with E-state index >= 15 is 0 Å². The highest BCUT2D eigenvalue weighted by Crippen LogP contribution is 2.08. The summed E-state index contributed by atoms with van der Waals surface area (Å²) in [6.07, 6.45) is 0. The van der Waals surface area contributed by atoms with Gasteiger partial charge in [-0.3, -0.25) is 0 Å². The maximum absolute atomic E-state index is 8.70. The lowest BCUT2D eigenvalue weighted by molar-refractivity contribution is 0.108. The third kappa shape index (κ3) is 5.19. The van der Waals surface area contributed by atoms with Gasteiger partial charge in [0.05, 0.1) is 6.61 Å². The molecule has 1 atom stereocenters. The summed E-state index contributed by atoms with van der Waals surface area (Å²) >= 11 is 0. The van der Waals surface area contributed by atoms with Crippen LogP contribution in [0.4, 0.5) is 0 Å². The number of nitrogens with two attached hydrogens (primary N) is 1. The molecule has 0 saturated heterocycles. The smallest absolute Gasteiger partial charge is 0.170 e. The van der Waals surface area contributed by atoms with Crippen molar-refractivity contribution in [3.8, 4) is 0 Å². The standard InChI is InChI=1S/C15H25N3O2/c1-4-20-10-14(11(2)3)17-9-12-6-5-7-13(8-12)15(16)18-19/h5-8,11,14,17,19H,4,9-10H2,1-3H3,(H2,16,18). The van der Waals surface area contributed by atoms with Crippen molar-refractivity contribution in [2.75, 3.05) is 13.2 Å². The number of rotatable bonds is 8. The third-order valence-corrected chi connectivity index (χ3v) is 3.21. The van der Waals surface area contributed by atoms with Crippen molar-refractivity contribution in [3.05, 3.63) is 35.4 Å². The highest BCUT2D eigenvalue weighted by atomic mass is 16.5. The fourth-order valence-electron chi connectivity index (χ4n) is 1.88. The Morgan fingerprint density at radius 2 is 2.20 bits per heavy atom. The van der Waals surface area contributed by atoms with E-state index in [1.54, 1.807) is 0 Å². The molecule has 0 saturated carbocycles. The second-order valence-electron chi connectivity index (χ2n) is 5.08. The molecule has 20 heavy (non-hydrogen) atoms. The van der Waals surface area contributed by atoms with Gasteiger partial charge in [0.2, 0.25) is 0 Å². The zero-order valence-corrected chi connectivity index (χ0v) is 12.5. The topological polar surface area (TPSA) is 79.9 Å². The van der Waals surface area contributed by atoms with E-state index in [1.165, 1.54) is 0 Å². The van der Waals surface area contributed by atoms with Crippen LogP contribution in [-0.2, 0) is 11.3 Å². The Morgan fingerprint density at radius 1 is 1.45 bits per heavy atom. The Bertz CT molecular complexity index is 433. The summed E-state index contributed by atoms with van der Waals surface area (Å²) < 4.78 is 5.49. The lowest BCUT2D eigenvalue weighted by Crippen LogP contribution is -2.37. The first-order valence-electron chi connectivity index (χ1n) is 6.96. The predicted molar refractivity (Wildman–Crippen MR) is 80.9 cm³/mol. The van der Waals surface area contributed by atoms with Crippen LogP contribution in [0.3, 0.4) is 0 Å². The van der Waals surface area contributed by atoms with Crippen molar-refractivity contribution in [2.45, 2.75) is 33.4 Å². The van der Waals surface area contributed by atoms with Crippen LogP contribution >= 0.6 is 0 Å². The van der Waals surface area contributed by atoms with Crippen molar-refractivity contribution in [2.24, 2.45) is 16.8 Å². The maximum atomic E-state index is 8.70. The van der Waals surface area contributed by atoms with Crippen LogP contribution < -0.4 is 11.1 Å². The highest BCUT2D eigenvalue weighted by Gasteiger charge is 2.12. The molecule has 112 valence electrons. The largest absolute Gasteiger partial charge is 0.409 e. The molecular weight excluding hydrogens is 254 g/mol. The molecule has 0 radical (unpaired) electrons. The number of ether oxygens (including phenoxy) is 1. The summed E-state index contributed by atoms with van der Waals surface area (Å²) in [4.78, 5) is 0. The summed E-state index contributed by atoms with van der Waals surface area (Å²) in [6, 6.07) is 7.96. The van der Waals surface area contributed by atoms with Gasteiger partial charge in [0.15, 0.2) is 5.84 Å². The van der Waals surface area contributed by atoms with E-state index in [9.17, 15) is 0 Å². The molecule has 0 aromatic heterocycles. The minimum Gasteiger partial charge on any atom is -0.409 e. The molecule has 1 unspecified atom stereocenters. The Labute approximate surface area is 120 Å². The molecule has 0 spiro atoms. The Balaban J connectivity index is 2.63. The van der Waals surface area contributed by atoms with E-state index in [0.29, 0.717) is 18.6 Å². The van der Waals surface area contributed by atoms with Gasteiger partial charge in [0, 0.05) is 24.8 Å². The zero-order chi connectivity index (χ0) is 15.0. The minimum absolute atomic E-state index is 0.126. The molecule has 0 heterocycles. The van der Waals surface area contributed by atoms with Crippen molar-refractivity contribution in [1.29, 1.82) is 0 Å². The van der Waals surface area contributed by atoms with Gasteiger partial charge >= 0.3 is 0 Å². The Hall–Kier alpha value is -1.59. The van der Waals surface area contributed by atoms with Crippen LogP contribution in [0.25, 0.3) is 0 Å². The summed E-state index contributed by atoms with van der Waals surface area (Å²) in [5.41, 5.74) is 7.41. The second kappa shape index (κ2) is 8.55. The molecule has 1 aromatic rings. The molecular formula is C15H25N3O2. The highest BCUT2D eigenvalue weighted by molar-refractivity contribution is 5.97. The van der Waals surface area contributed by atoms with Gasteiger partial charge in [-0.05, 0) is 24.5 Å². The van der Waals surface area contributed by atoms with Gasteiger partial charge in [-0.25, -0.2) is 0 Å². The van der Waals surface area contributed by atoms with Crippen LogP contribution in [0.5, 0.6) is 0 Å². The molecule has 0 aliphatic carbocycles. The molecule has 0 amide bonds. The molecule has 5 heteroatoms. The fourth-order valence-corrected chi connectivity index (χ4v) is 1.88. The molecule has 0 fully saturated rings. The Morgan fingerprint density at radius 3 is 2.80 bits per heavy atom. The predicted octanol–water partition coefficient (Wildman–Crippen LogP) is 1.93. The number of hydrogen-bond acceptors (Lipinski definition) is 4. The SMILES string of the molecule is CCOCC(NCc1cccc(/C(N)=N/O)c1)C(C)C. The van der Waals surface area contributed by atoms with Crippen LogP contribution in [0.2, 0.25) is 0 Å². The minimum atomic E-state index is 0.126. The summed E-state index contributed by atoms with van der Waals surface area (Å²) in [6.45, 7) is 8.49. The van der Waals surface area contributed by atoms with Crippen molar-refractivity contribution >= 4 is 5.84 Å². The number of oxime groups is 1. The number of nitrogens with zero attached hydrogens (tertiary/aromatic N) is 1.